The van der Waals surface area contributed by atoms with Crippen molar-refractivity contribution in [2.75, 3.05) is 60.4 Å². The molecule has 0 bridgehead atoms. The Balaban J connectivity index is 0.00000338. The molecule has 26 heavy (non-hydrogen) atoms. The molecule has 152 valence electrons. The molecular formula is C18H36IN5O2. The lowest BCUT2D eigenvalue weighted by molar-refractivity contribution is -0.159. The van der Waals surface area contributed by atoms with E-state index < -0.39 is 5.60 Å². The first-order valence-corrected chi connectivity index (χ1v) is 9.27. The van der Waals surface area contributed by atoms with Crippen LogP contribution in [0, 0.1) is 5.92 Å². The molecule has 2 heterocycles. The van der Waals surface area contributed by atoms with Gasteiger partial charge in [0.25, 0.3) is 0 Å². The maximum Gasteiger partial charge on any atom is 0.311 e. The number of halogens is 1. The minimum atomic E-state index is -0.429. The van der Waals surface area contributed by atoms with Gasteiger partial charge in [0.05, 0.1) is 5.92 Å². The first-order chi connectivity index (χ1) is 11.7. The van der Waals surface area contributed by atoms with Gasteiger partial charge in [-0.1, -0.05) is 0 Å². The highest BCUT2D eigenvalue weighted by molar-refractivity contribution is 14.0. The molecule has 2 aliphatic rings. The lowest BCUT2D eigenvalue weighted by atomic mass is 10.1. The summed E-state index contributed by atoms with van der Waals surface area (Å²) in [5, 5.41) is 3.50. The number of aliphatic imine (C=N–C) groups is 1. The highest BCUT2D eigenvalue weighted by Crippen LogP contribution is 2.20. The number of ether oxygens (including phenoxy) is 1. The van der Waals surface area contributed by atoms with Crippen molar-refractivity contribution in [1.29, 1.82) is 0 Å². The van der Waals surface area contributed by atoms with Crippen LogP contribution in [-0.4, -0.2) is 98.7 Å². The third-order valence-corrected chi connectivity index (χ3v) is 4.92. The standard InChI is InChI=1S/C18H35N5O2.HI/c1-18(2,3)25-16(24)14-7-8-23(12-14)17(19-4)20-11-15-13-21(5)9-10-22(15)6;/h14-15H,7-13H2,1-6H3,(H,19,20);1H. The summed E-state index contributed by atoms with van der Waals surface area (Å²) in [5.74, 6) is 0.716. The van der Waals surface area contributed by atoms with Crippen molar-refractivity contribution < 1.29 is 9.53 Å². The summed E-state index contributed by atoms with van der Waals surface area (Å²) < 4.78 is 5.53. The van der Waals surface area contributed by atoms with Crippen molar-refractivity contribution in [3.63, 3.8) is 0 Å². The Hall–Kier alpha value is -0.610. The first-order valence-electron chi connectivity index (χ1n) is 9.27. The number of rotatable bonds is 3. The second-order valence-electron chi connectivity index (χ2n) is 8.29. The molecule has 0 aliphatic carbocycles. The molecule has 2 saturated heterocycles. The van der Waals surface area contributed by atoms with E-state index >= 15 is 0 Å². The zero-order valence-corrected chi connectivity index (χ0v) is 19.4. The van der Waals surface area contributed by atoms with Crippen molar-refractivity contribution >= 4 is 35.9 Å². The average molecular weight is 481 g/mol. The van der Waals surface area contributed by atoms with Gasteiger partial charge in [-0.2, -0.15) is 0 Å². The SMILES string of the molecule is CN=C(NCC1CN(C)CCN1C)N1CCC(C(=O)OC(C)(C)C)C1.I. The fraction of sp³-hybridized carbons (Fsp3) is 0.889. The Morgan fingerprint density at radius 3 is 2.50 bits per heavy atom. The average Bonchev–Trinajstić information content (AvgIpc) is 2.99. The normalized spacial score (nSPS) is 25.8. The van der Waals surface area contributed by atoms with Gasteiger partial charge in [0.1, 0.15) is 5.60 Å². The van der Waals surface area contributed by atoms with E-state index in [1.807, 2.05) is 20.8 Å². The highest BCUT2D eigenvalue weighted by atomic mass is 127. The molecule has 2 aliphatic heterocycles. The zero-order chi connectivity index (χ0) is 18.6. The molecule has 0 aromatic carbocycles. The molecule has 2 atom stereocenters. The van der Waals surface area contributed by atoms with E-state index in [0.717, 1.165) is 45.1 Å². The van der Waals surface area contributed by atoms with Gasteiger partial charge in [-0.3, -0.25) is 14.7 Å². The fourth-order valence-corrected chi connectivity index (χ4v) is 3.39. The Labute approximate surface area is 175 Å². The van der Waals surface area contributed by atoms with Gasteiger partial charge < -0.3 is 19.9 Å². The molecule has 0 radical (unpaired) electrons. The number of nitrogens with one attached hydrogen (secondary N) is 1. The lowest BCUT2D eigenvalue weighted by Gasteiger charge is -2.38. The fourth-order valence-electron chi connectivity index (χ4n) is 3.39. The number of esters is 1. The van der Waals surface area contributed by atoms with E-state index in [-0.39, 0.29) is 35.9 Å². The van der Waals surface area contributed by atoms with E-state index in [4.69, 9.17) is 4.74 Å². The number of hydrogen-bond donors (Lipinski definition) is 1. The van der Waals surface area contributed by atoms with Gasteiger partial charge >= 0.3 is 5.97 Å². The van der Waals surface area contributed by atoms with Crippen molar-refractivity contribution in [2.24, 2.45) is 10.9 Å². The third kappa shape index (κ3) is 6.84. The van der Waals surface area contributed by atoms with Crippen LogP contribution in [0.25, 0.3) is 0 Å². The molecule has 2 fully saturated rings. The van der Waals surface area contributed by atoms with Gasteiger partial charge in [0.2, 0.25) is 0 Å². The number of nitrogens with zero attached hydrogens (tertiary/aromatic N) is 4. The van der Waals surface area contributed by atoms with Gasteiger partial charge in [-0.15, -0.1) is 24.0 Å². The summed E-state index contributed by atoms with van der Waals surface area (Å²) in [5.41, 5.74) is -0.429. The quantitative estimate of drug-likeness (QED) is 0.282. The molecular weight excluding hydrogens is 445 g/mol. The Bertz CT molecular complexity index is 494. The van der Waals surface area contributed by atoms with E-state index in [9.17, 15) is 4.79 Å². The Morgan fingerprint density at radius 2 is 1.88 bits per heavy atom. The maximum absolute atomic E-state index is 12.3. The smallest absolute Gasteiger partial charge is 0.311 e. The van der Waals surface area contributed by atoms with Gasteiger partial charge in [-0.25, -0.2) is 0 Å². The summed E-state index contributed by atoms with van der Waals surface area (Å²) in [6, 6.07) is 0.472. The summed E-state index contributed by atoms with van der Waals surface area (Å²) in [4.78, 5) is 23.6. The largest absolute Gasteiger partial charge is 0.460 e. The van der Waals surface area contributed by atoms with Gasteiger partial charge in [-0.05, 0) is 41.3 Å². The first kappa shape index (κ1) is 23.4. The van der Waals surface area contributed by atoms with E-state index in [1.165, 1.54) is 0 Å². The van der Waals surface area contributed by atoms with Crippen LogP contribution in [0.5, 0.6) is 0 Å². The Morgan fingerprint density at radius 1 is 1.19 bits per heavy atom. The summed E-state index contributed by atoms with van der Waals surface area (Å²) >= 11 is 0. The minimum Gasteiger partial charge on any atom is -0.460 e. The Kier molecular flexibility index (Phi) is 9.08. The molecule has 0 aromatic heterocycles. The van der Waals surface area contributed by atoms with Crippen LogP contribution in [0.4, 0.5) is 0 Å². The van der Waals surface area contributed by atoms with Crippen LogP contribution in [-0.2, 0) is 9.53 Å². The maximum atomic E-state index is 12.3. The van der Waals surface area contributed by atoms with E-state index in [1.54, 1.807) is 7.05 Å². The van der Waals surface area contributed by atoms with Crippen LogP contribution >= 0.6 is 24.0 Å². The molecule has 2 unspecified atom stereocenters. The minimum absolute atomic E-state index is 0. The van der Waals surface area contributed by atoms with Crippen molar-refractivity contribution in [3.8, 4) is 0 Å². The molecule has 7 nitrogen and oxygen atoms in total. The second-order valence-corrected chi connectivity index (χ2v) is 8.29. The zero-order valence-electron chi connectivity index (χ0n) is 17.1. The monoisotopic (exact) mass is 481 g/mol. The van der Waals surface area contributed by atoms with Gasteiger partial charge in [0, 0.05) is 52.4 Å². The number of guanidine groups is 1. The van der Waals surface area contributed by atoms with Crippen molar-refractivity contribution in [2.45, 2.75) is 38.8 Å². The van der Waals surface area contributed by atoms with Gasteiger partial charge in [0.15, 0.2) is 5.96 Å². The van der Waals surface area contributed by atoms with Crippen molar-refractivity contribution in [3.05, 3.63) is 0 Å². The highest BCUT2D eigenvalue weighted by Gasteiger charge is 2.33. The number of hydrogen-bond acceptors (Lipinski definition) is 5. The van der Waals surface area contributed by atoms with Crippen LogP contribution in [0.2, 0.25) is 0 Å². The number of carbonyl (C=O) groups excluding carboxylic acids is 1. The van der Waals surface area contributed by atoms with E-state index in [0.29, 0.717) is 12.6 Å². The molecule has 0 saturated carbocycles. The lowest BCUT2D eigenvalue weighted by Crippen LogP contribution is -2.55. The summed E-state index contributed by atoms with van der Waals surface area (Å²) in [7, 11) is 6.15. The second kappa shape index (κ2) is 10.1. The number of carbonyl (C=O) groups is 1. The number of likely N-dealkylation sites (tertiary alicyclic amines) is 1. The van der Waals surface area contributed by atoms with Crippen LogP contribution in [0.3, 0.4) is 0 Å². The predicted molar refractivity (Wildman–Crippen MR) is 116 cm³/mol. The third-order valence-electron chi connectivity index (χ3n) is 4.92. The number of piperazine rings is 1. The summed E-state index contributed by atoms with van der Waals surface area (Å²) in [6.07, 6.45) is 0.821. The molecule has 0 aromatic rings. The van der Waals surface area contributed by atoms with E-state index in [2.05, 4.69) is 39.1 Å². The molecule has 2 rings (SSSR count). The van der Waals surface area contributed by atoms with Crippen LogP contribution < -0.4 is 5.32 Å². The summed E-state index contributed by atoms with van der Waals surface area (Å²) in [6.45, 7) is 11.4. The van der Waals surface area contributed by atoms with Crippen LogP contribution in [0.1, 0.15) is 27.2 Å². The number of likely N-dealkylation sites (N-methyl/N-ethyl adjacent to an activating group) is 2. The molecule has 1 N–H and O–H groups in total. The van der Waals surface area contributed by atoms with Crippen molar-refractivity contribution in [1.82, 2.24) is 20.0 Å². The molecule has 0 amide bonds. The predicted octanol–water partition coefficient (Wildman–Crippen LogP) is 1.09. The topological polar surface area (TPSA) is 60.4 Å². The molecule has 0 spiro atoms. The van der Waals surface area contributed by atoms with Crippen LogP contribution in [0.15, 0.2) is 4.99 Å². The molecule has 8 heteroatoms.